The van der Waals surface area contributed by atoms with Crippen molar-refractivity contribution in [2.45, 2.75) is 33.6 Å². The number of carbonyl (C=O) groups excluding carboxylic acids is 2. The summed E-state index contributed by atoms with van der Waals surface area (Å²) in [6, 6.07) is 13.5. The van der Waals surface area contributed by atoms with Crippen LogP contribution in [0.1, 0.15) is 32.3 Å². The summed E-state index contributed by atoms with van der Waals surface area (Å²) >= 11 is 0. The molecule has 3 rings (SSSR count). The van der Waals surface area contributed by atoms with E-state index in [9.17, 15) is 9.59 Å². The second-order valence-electron chi connectivity index (χ2n) is 7.32. The molecule has 2 amide bonds. The minimum atomic E-state index is -0.675. The van der Waals surface area contributed by atoms with Gasteiger partial charge in [-0.1, -0.05) is 0 Å². The zero-order chi connectivity index (χ0) is 20.8. The van der Waals surface area contributed by atoms with Crippen molar-refractivity contribution in [3.8, 4) is 0 Å². The van der Waals surface area contributed by atoms with E-state index in [2.05, 4.69) is 34.3 Å². The molecule has 1 fully saturated rings. The van der Waals surface area contributed by atoms with Gasteiger partial charge in [0.1, 0.15) is 0 Å². The van der Waals surface area contributed by atoms with Gasteiger partial charge in [0, 0.05) is 48.9 Å². The summed E-state index contributed by atoms with van der Waals surface area (Å²) < 4.78 is 0. The van der Waals surface area contributed by atoms with Gasteiger partial charge in [0.2, 0.25) is 0 Å². The Bertz CT molecular complexity index is 854. The summed E-state index contributed by atoms with van der Waals surface area (Å²) in [6.07, 6.45) is 2.43. The number of hydrogen-bond acceptors (Lipinski definition) is 4. The van der Waals surface area contributed by atoms with Crippen molar-refractivity contribution >= 4 is 34.6 Å². The van der Waals surface area contributed by atoms with Gasteiger partial charge in [-0.05, 0) is 81.6 Å². The summed E-state index contributed by atoms with van der Waals surface area (Å²) in [5.41, 5.74) is 4.43. The first kappa shape index (κ1) is 20.7. The van der Waals surface area contributed by atoms with Gasteiger partial charge in [0.05, 0.1) is 0 Å². The van der Waals surface area contributed by atoms with Crippen molar-refractivity contribution < 1.29 is 9.59 Å². The van der Waals surface area contributed by atoms with Crippen molar-refractivity contribution in [3.63, 3.8) is 0 Å². The summed E-state index contributed by atoms with van der Waals surface area (Å²) in [7, 11) is 0. The van der Waals surface area contributed by atoms with Crippen LogP contribution in [0.2, 0.25) is 0 Å². The molecule has 1 heterocycles. The molecule has 2 N–H and O–H groups in total. The van der Waals surface area contributed by atoms with Crippen LogP contribution in [0, 0.1) is 6.92 Å². The Morgan fingerprint density at radius 3 is 2.14 bits per heavy atom. The number of nitrogens with one attached hydrogen (secondary N) is 2. The van der Waals surface area contributed by atoms with Crippen LogP contribution in [-0.4, -0.2) is 38.0 Å². The zero-order valence-corrected chi connectivity index (χ0v) is 17.5. The molecule has 1 aliphatic heterocycles. The molecule has 0 radical (unpaired) electrons. The number of anilines is 4. The monoisotopic (exact) mass is 394 g/mol. The Morgan fingerprint density at radius 1 is 0.931 bits per heavy atom. The SMILES string of the molecule is CCN(CC)c1ccc(NC(=O)C(=O)Nc2ccc(N3CCCC3)cc2)c(C)c1. The predicted molar refractivity (Wildman–Crippen MR) is 120 cm³/mol. The maximum atomic E-state index is 12.3. The molecular formula is C23H30N4O2. The van der Waals surface area contributed by atoms with Gasteiger partial charge in [-0.2, -0.15) is 0 Å². The van der Waals surface area contributed by atoms with E-state index in [-0.39, 0.29) is 0 Å². The highest BCUT2D eigenvalue weighted by atomic mass is 16.2. The fraction of sp³-hybridized carbons (Fsp3) is 0.391. The molecule has 2 aromatic carbocycles. The van der Waals surface area contributed by atoms with Crippen molar-refractivity contribution in [3.05, 3.63) is 48.0 Å². The third kappa shape index (κ3) is 5.08. The summed E-state index contributed by atoms with van der Waals surface area (Å²) in [4.78, 5) is 29.2. The number of amides is 2. The Kier molecular flexibility index (Phi) is 6.75. The van der Waals surface area contributed by atoms with E-state index in [0.29, 0.717) is 11.4 Å². The molecule has 0 spiro atoms. The number of carbonyl (C=O) groups is 2. The van der Waals surface area contributed by atoms with E-state index >= 15 is 0 Å². The van der Waals surface area contributed by atoms with Gasteiger partial charge < -0.3 is 20.4 Å². The van der Waals surface area contributed by atoms with Gasteiger partial charge in [-0.15, -0.1) is 0 Å². The lowest BCUT2D eigenvalue weighted by Crippen LogP contribution is -2.29. The van der Waals surface area contributed by atoms with E-state index in [1.807, 2.05) is 49.4 Å². The third-order valence-corrected chi connectivity index (χ3v) is 5.39. The van der Waals surface area contributed by atoms with E-state index < -0.39 is 11.8 Å². The molecule has 1 saturated heterocycles. The summed E-state index contributed by atoms with van der Waals surface area (Å²) in [6.45, 7) is 10.1. The van der Waals surface area contributed by atoms with Gasteiger partial charge >= 0.3 is 11.8 Å². The van der Waals surface area contributed by atoms with Crippen molar-refractivity contribution in [1.29, 1.82) is 0 Å². The minimum Gasteiger partial charge on any atom is -0.372 e. The number of rotatable bonds is 6. The molecule has 0 aromatic heterocycles. The molecule has 6 nitrogen and oxygen atoms in total. The highest BCUT2D eigenvalue weighted by Gasteiger charge is 2.16. The van der Waals surface area contributed by atoms with Crippen LogP contribution in [0.5, 0.6) is 0 Å². The van der Waals surface area contributed by atoms with Gasteiger partial charge in [-0.3, -0.25) is 9.59 Å². The van der Waals surface area contributed by atoms with Crippen LogP contribution in [0.25, 0.3) is 0 Å². The van der Waals surface area contributed by atoms with Crippen LogP contribution in [0.3, 0.4) is 0 Å². The van der Waals surface area contributed by atoms with Crippen LogP contribution in [-0.2, 0) is 9.59 Å². The quantitative estimate of drug-likeness (QED) is 0.727. The average molecular weight is 395 g/mol. The molecule has 0 bridgehead atoms. The Morgan fingerprint density at radius 2 is 1.55 bits per heavy atom. The number of nitrogens with zero attached hydrogens (tertiary/aromatic N) is 2. The molecule has 0 unspecified atom stereocenters. The maximum Gasteiger partial charge on any atom is 0.314 e. The Balaban J connectivity index is 1.59. The summed E-state index contributed by atoms with van der Waals surface area (Å²) in [5, 5.41) is 5.38. The van der Waals surface area contributed by atoms with E-state index in [4.69, 9.17) is 0 Å². The van der Waals surface area contributed by atoms with Gasteiger partial charge in [0.15, 0.2) is 0 Å². The first-order chi connectivity index (χ1) is 14.0. The largest absolute Gasteiger partial charge is 0.372 e. The molecule has 0 atom stereocenters. The molecular weight excluding hydrogens is 364 g/mol. The standard InChI is InChI=1S/C23H30N4O2/c1-4-26(5-2)20-12-13-21(17(3)16-20)25-23(29)22(28)24-18-8-10-19(11-9-18)27-14-6-7-15-27/h8-13,16H,4-7,14-15H2,1-3H3,(H,24,28)(H,25,29). The number of hydrogen-bond donors (Lipinski definition) is 2. The smallest absolute Gasteiger partial charge is 0.314 e. The van der Waals surface area contributed by atoms with Crippen molar-refractivity contribution in [2.24, 2.45) is 0 Å². The Labute approximate surface area is 172 Å². The molecule has 29 heavy (non-hydrogen) atoms. The van der Waals surface area contributed by atoms with E-state index in [1.165, 1.54) is 12.8 Å². The van der Waals surface area contributed by atoms with Crippen LogP contribution in [0.4, 0.5) is 22.7 Å². The molecule has 2 aromatic rings. The van der Waals surface area contributed by atoms with Crippen LogP contribution < -0.4 is 20.4 Å². The Hall–Kier alpha value is -3.02. The number of aryl methyl sites for hydroxylation is 1. The first-order valence-electron chi connectivity index (χ1n) is 10.3. The average Bonchev–Trinajstić information content (AvgIpc) is 3.26. The third-order valence-electron chi connectivity index (χ3n) is 5.39. The normalized spacial score (nSPS) is 13.3. The van der Waals surface area contributed by atoms with E-state index in [0.717, 1.165) is 43.1 Å². The maximum absolute atomic E-state index is 12.3. The second kappa shape index (κ2) is 9.45. The van der Waals surface area contributed by atoms with E-state index in [1.54, 1.807) is 0 Å². The van der Waals surface area contributed by atoms with Gasteiger partial charge in [-0.25, -0.2) is 0 Å². The molecule has 0 aliphatic carbocycles. The summed E-state index contributed by atoms with van der Waals surface area (Å²) in [5.74, 6) is -1.35. The van der Waals surface area contributed by atoms with Crippen LogP contribution >= 0.6 is 0 Å². The van der Waals surface area contributed by atoms with Crippen molar-refractivity contribution in [2.75, 3.05) is 46.6 Å². The molecule has 154 valence electrons. The lowest BCUT2D eigenvalue weighted by Gasteiger charge is -2.22. The highest BCUT2D eigenvalue weighted by Crippen LogP contribution is 2.24. The lowest BCUT2D eigenvalue weighted by atomic mass is 10.1. The lowest BCUT2D eigenvalue weighted by molar-refractivity contribution is -0.133. The van der Waals surface area contributed by atoms with Crippen LogP contribution in [0.15, 0.2) is 42.5 Å². The zero-order valence-electron chi connectivity index (χ0n) is 17.5. The topological polar surface area (TPSA) is 64.7 Å². The molecule has 0 saturated carbocycles. The fourth-order valence-electron chi connectivity index (χ4n) is 3.67. The number of benzene rings is 2. The van der Waals surface area contributed by atoms with Gasteiger partial charge in [0.25, 0.3) is 0 Å². The second-order valence-corrected chi connectivity index (χ2v) is 7.32. The molecule has 1 aliphatic rings. The highest BCUT2D eigenvalue weighted by molar-refractivity contribution is 6.43. The minimum absolute atomic E-state index is 0.613. The fourth-order valence-corrected chi connectivity index (χ4v) is 3.67. The molecule has 6 heteroatoms. The van der Waals surface area contributed by atoms with Crippen molar-refractivity contribution in [1.82, 2.24) is 0 Å². The first-order valence-corrected chi connectivity index (χ1v) is 10.3. The predicted octanol–water partition coefficient (Wildman–Crippen LogP) is 4.02.